The fraction of sp³-hybridized carbons (Fsp3) is 0.353. The Hall–Kier alpha value is -7.02. The molecular formula is C51H56N6O12. The summed E-state index contributed by atoms with van der Waals surface area (Å²) in [6.07, 6.45) is -13.6. The largest absolute Gasteiger partial charge is 0.445 e. The third-order valence-corrected chi connectivity index (χ3v) is 12.0. The predicted octanol–water partition coefficient (Wildman–Crippen LogP) is 6.66. The molecule has 1 aliphatic heterocycles. The van der Waals surface area contributed by atoms with Crippen LogP contribution in [-0.4, -0.2) is 106 Å². The lowest BCUT2D eigenvalue weighted by Gasteiger charge is -2.49. The highest BCUT2D eigenvalue weighted by atomic mass is 16.7. The minimum atomic E-state index is -1.94. The van der Waals surface area contributed by atoms with Gasteiger partial charge in [0.25, 0.3) is 0 Å². The number of aliphatic hydroxyl groups is 3. The van der Waals surface area contributed by atoms with Crippen molar-refractivity contribution in [3.63, 3.8) is 0 Å². The molecule has 3 amide bonds. The van der Waals surface area contributed by atoms with E-state index in [0.29, 0.717) is 11.1 Å². The van der Waals surface area contributed by atoms with Crippen LogP contribution in [0.25, 0.3) is 10.4 Å². The molecule has 2 aliphatic rings. The molecular weight excluding hydrogens is 889 g/mol. The van der Waals surface area contributed by atoms with Crippen molar-refractivity contribution in [3.8, 4) is 0 Å². The summed E-state index contributed by atoms with van der Waals surface area (Å²) < 4.78 is 36.4. The van der Waals surface area contributed by atoms with Crippen LogP contribution in [0.5, 0.6) is 0 Å². The second-order valence-electron chi connectivity index (χ2n) is 16.7. The first kappa shape index (κ1) is 49.9. The van der Waals surface area contributed by atoms with Crippen LogP contribution in [0.3, 0.4) is 0 Å². The van der Waals surface area contributed by atoms with Gasteiger partial charge in [0.1, 0.15) is 44.2 Å². The average Bonchev–Trinajstić information content (AvgIpc) is 3.38. The van der Waals surface area contributed by atoms with Gasteiger partial charge in [-0.15, -0.1) is 0 Å². The number of azide groups is 1. The van der Waals surface area contributed by atoms with Gasteiger partial charge in [-0.05, 0) is 46.7 Å². The predicted molar refractivity (Wildman–Crippen MR) is 249 cm³/mol. The van der Waals surface area contributed by atoms with E-state index in [0.717, 1.165) is 16.7 Å². The van der Waals surface area contributed by atoms with Gasteiger partial charge in [0.15, 0.2) is 6.29 Å². The van der Waals surface area contributed by atoms with Crippen LogP contribution in [-0.2, 0) is 61.4 Å². The number of carbonyl (C=O) groups is 3. The molecule has 1 saturated heterocycles. The summed E-state index contributed by atoms with van der Waals surface area (Å²) in [4.78, 5) is 45.4. The number of carbonyl (C=O) groups excluding carboxylic acids is 3. The summed E-state index contributed by atoms with van der Waals surface area (Å²) in [6, 6.07) is 40.2. The minimum Gasteiger partial charge on any atom is -0.445 e. The molecule has 0 bridgehead atoms. The molecule has 11 atom stereocenters. The van der Waals surface area contributed by atoms with E-state index in [1.54, 1.807) is 67.6 Å². The summed E-state index contributed by atoms with van der Waals surface area (Å²) in [5.74, 6) is 0. The molecule has 5 aromatic carbocycles. The van der Waals surface area contributed by atoms with E-state index in [-0.39, 0.29) is 39.4 Å². The first-order chi connectivity index (χ1) is 33.6. The molecule has 5 N–H and O–H groups in total. The number of aliphatic hydroxyl groups excluding tert-OH is 3. The number of alkyl carbamates (subject to hydrolysis) is 2. The maximum atomic E-state index is 14.2. The van der Waals surface area contributed by atoms with Crippen molar-refractivity contribution in [1.29, 1.82) is 0 Å². The van der Waals surface area contributed by atoms with E-state index in [1.165, 1.54) is 4.90 Å². The lowest BCUT2D eigenvalue weighted by molar-refractivity contribution is -0.289. The normalized spacial score (nSPS) is 24.6. The summed E-state index contributed by atoms with van der Waals surface area (Å²) in [5.41, 5.74) is 13.6. The standard InChI is InChI=1S/C51H56N6O12/c1-33(57(28-34-17-7-2-8-18-34)51(63)67-32-38-25-15-6-16-26-38)46-40(64-29-35-19-9-3-10-20-35)27-39(55-56-52)48(68-46)69-47-42(54-50(62)66-31-37-23-13-5-14-24-37)43(58)41(44(59)45(47)60)53-49(61)65-30-36-21-11-4-12-22-36/h2-26,33,39-48,58-60H,27-32H2,1H3,(H,53,61)(H,54,62)/t33-,39-,40+,41-,42+,43-,44+,45-,46-,47-,48-/m1/s1. The molecule has 0 radical (unpaired) electrons. The number of hydrogen-bond donors (Lipinski definition) is 5. The van der Waals surface area contributed by atoms with Crippen molar-refractivity contribution in [2.45, 2.75) is 113 Å². The van der Waals surface area contributed by atoms with Crippen LogP contribution >= 0.6 is 0 Å². The summed E-state index contributed by atoms with van der Waals surface area (Å²) in [6.45, 7) is 1.63. The van der Waals surface area contributed by atoms with Crippen LogP contribution in [0.1, 0.15) is 41.2 Å². The highest BCUT2D eigenvalue weighted by Gasteiger charge is 2.54. The number of amides is 3. The van der Waals surface area contributed by atoms with Gasteiger partial charge in [-0.2, -0.15) is 0 Å². The minimum absolute atomic E-state index is 0.0190. The Bertz CT molecular complexity index is 2420. The van der Waals surface area contributed by atoms with Crippen LogP contribution in [0, 0.1) is 0 Å². The number of ether oxygens (including phenoxy) is 6. The fourth-order valence-electron chi connectivity index (χ4n) is 8.31. The van der Waals surface area contributed by atoms with E-state index in [1.807, 2.05) is 91.0 Å². The maximum absolute atomic E-state index is 14.2. The molecule has 0 spiro atoms. The van der Waals surface area contributed by atoms with Gasteiger partial charge in [-0.1, -0.05) is 157 Å². The Morgan fingerprint density at radius 1 is 0.652 bits per heavy atom. The molecule has 69 heavy (non-hydrogen) atoms. The van der Waals surface area contributed by atoms with E-state index in [9.17, 15) is 35.2 Å². The zero-order valence-electron chi connectivity index (χ0n) is 37.8. The topological polar surface area (TPSA) is 243 Å². The summed E-state index contributed by atoms with van der Waals surface area (Å²) in [5, 5.41) is 44.4. The fourth-order valence-corrected chi connectivity index (χ4v) is 8.31. The summed E-state index contributed by atoms with van der Waals surface area (Å²) in [7, 11) is 0. The van der Waals surface area contributed by atoms with Gasteiger partial charge in [0.05, 0.1) is 43.0 Å². The van der Waals surface area contributed by atoms with Gasteiger partial charge in [-0.3, -0.25) is 4.90 Å². The smallest absolute Gasteiger partial charge is 0.410 e. The van der Waals surface area contributed by atoms with Gasteiger partial charge in [-0.25, -0.2) is 14.4 Å². The monoisotopic (exact) mass is 944 g/mol. The molecule has 1 heterocycles. The third-order valence-electron chi connectivity index (χ3n) is 12.0. The van der Waals surface area contributed by atoms with Gasteiger partial charge >= 0.3 is 18.3 Å². The van der Waals surface area contributed by atoms with Crippen molar-refractivity contribution in [2.75, 3.05) is 0 Å². The highest BCUT2D eigenvalue weighted by molar-refractivity contribution is 5.69. The maximum Gasteiger partial charge on any atom is 0.410 e. The Morgan fingerprint density at radius 3 is 1.59 bits per heavy atom. The van der Waals surface area contributed by atoms with Crippen molar-refractivity contribution in [2.24, 2.45) is 5.11 Å². The van der Waals surface area contributed by atoms with Crippen LogP contribution in [0.2, 0.25) is 0 Å². The van der Waals surface area contributed by atoms with Gasteiger partial charge in [0.2, 0.25) is 0 Å². The zero-order chi connectivity index (χ0) is 48.5. The molecule has 7 rings (SSSR count). The van der Waals surface area contributed by atoms with E-state index < -0.39 is 85.4 Å². The summed E-state index contributed by atoms with van der Waals surface area (Å²) >= 11 is 0. The number of hydrogen-bond acceptors (Lipinski definition) is 13. The quantitative estimate of drug-likeness (QED) is 0.0268. The average molecular weight is 945 g/mol. The lowest BCUT2D eigenvalue weighted by atomic mass is 9.81. The SMILES string of the molecule is C[C@H]([C@H]1O[C@H](O[C@H]2[C@H](O)[C@@H](O)[C@H](NC(=O)OCc3ccccc3)[C@@H](O)[C@@H]2NC(=O)OCc2ccccc2)[C@H](N=[N+]=[N-])C[C@@H]1OCc1ccccc1)N(Cc1ccccc1)C(=O)OCc1ccccc1. The molecule has 1 aliphatic carbocycles. The number of nitrogens with one attached hydrogen (secondary N) is 2. The van der Waals surface area contributed by atoms with Crippen LogP contribution in [0.4, 0.5) is 14.4 Å². The van der Waals surface area contributed by atoms with Crippen molar-refractivity contribution in [3.05, 3.63) is 190 Å². The molecule has 5 aromatic rings. The number of nitrogens with zero attached hydrogens (tertiary/aromatic N) is 4. The van der Waals surface area contributed by atoms with Crippen molar-refractivity contribution >= 4 is 18.3 Å². The Labute approximate surface area is 399 Å². The Morgan fingerprint density at radius 2 is 1.10 bits per heavy atom. The number of rotatable bonds is 18. The van der Waals surface area contributed by atoms with Gasteiger partial charge < -0.3 is 54.4 Å². The second kappa shape index (κ2) is 24.8. The molecule has 18 nitrogen and oxygen atoms in total. The second-order valence-corrected chi connectivity index (χ2v) is 16.7. The van der Waals surface area contributed by atoms with Crippen molar-refractivity contribution < 1.29 is 58.1 Å². The van der Waals surface area contributed by atoms with E-state index >= 15 is 0 Å². The van der Waals surface area contributed by atoms with Gasteiger partial charge in [0, 0.05) is 11.5 Å². The van der Waals surface area contributed by atoms with E-state index in [4.69, 9.17) is 28.4 Å². The highest BCUT2D eigenvalue weighted by Crippen LogP contribution is 2.35. The first-order valence-electron chi connectivity index (χ1n) is 22.6. The zero-order valence-corrected chi connectivity index (χ0v) is 37.8. The molecule has 1 saturated carbocycles. The molecule has 0 unspecified atom stereocenters. The lowest BCUT2D eigenvalue weighted by Crippen LogP contribution is -2.73. The van der Waals surface area contributed by atoms with E-state index in [2.05, 4.69) is 20.7 Å². The Kier molecular flexibility index (Phi) is 18.0. The molecule has 2 fully saturated rings. The first-order valence-corrected chi connectivity index (χ1v) is 22.6. The molecule has 362 valence electrons. The van der Waals surface area contributed by atoms with Crippen LogP contribution in [0.15, 0.2) is 157 Å². The number of benzene rings is 5. The molecule has 18 heteroatoms. The van der Waals surface area contributed by atoms with Crippen LogP contribution < -0.4 is 10.6 Å². The van der Waals surface area contributed by atoms with Crippen molar-refractivity contribution in [1.82, 2.24) is 15.5 Å². The molecule has 0 aromatic heterocycles. The third kappa shape index (κ3) is 13.8. The Balaban J connectivity index is 1.18.